The Labute approximate surface area is 193 Å². The molecule has 0 radical (unpaired) electrons. The van der Waals surface area contributed by atoms with Gasteiger partial charge in [0.05, 0.1) is 31.7 Å². The van der Waals surface area contributed by atoms with E-state index in [4.69, 9.17) is 14.2 Å². The van der Waals surface area contributed by atoms with E-state index in [1.165, 1.54) is 4.90 Å². The van der Waals surface area contributed by atoms with Crippen LogP contribution in [0, 0.1) is 5.92 Å². The number of nitrogens with zero attached hydrogens (tertiary/aromatic N) is 2. The highest BCUT2D eigenvalue weighted by molar-refractivity contribution is 6.00. The van der Waals surface area contributed by atoms with Crippen LogP contribution in [0.5, 0.6) is 5.75 Å². The summed E-state index contributed by atoms with van der Waals surface area (Å²) in [6, 6.07) is 16.1. The predicted molar refractivity (Wildman–Crippen MR) is 119 cm³/mol. The lowest BCUT2D eigenvalue weighted by Gasteiger charge is -2.25. The summed E-state index contributed by atoms with van der Waals surface area (Å²) >= 11 is 0. The molecule has 2 aliphatic rings. The Morgan fingerprint density at radius 3 is 2.39 bits per heavy atom. The highest BCUT2D eigenvalue weighted by Crippen LogP contribution is 2.37. The third-order valence-electron chi connectivity index (χ3n) is 6.25. The van der Waals surface area contributed by atoms with Gasteiger partial charge in [-0.1, -0.05) is 49.4 Å². The topological polar surface area (TPSA) is 85.4 Å². The number of benzene rings is 2. The van der Waals surface area contributed by atoms with E-state index in [9.17, 15) is 14.4 Å². The highest BCUT2D eigenvalue weighted by atomic mass is 16.6. The van der Waals surface area contributed by atoms with Gasteiger partial charge in [-0.15, -0.1) is 0 Å². The molecule has 0 aromatic heterocycles. The van der Waals surface area contributed by atoms with Crippen molar-refractivity contribution in [1.82, 2.24) is 9.80 Å². The summed E-state index contributed by atoms with van der Waals surface area (Å²) in [5, 5.41) is 0. The van der Waals surface area contributed by atoms with Gasteiger partial charge >= 0.3 is 6.09 Å². The standard InChI is InChI=1S/C25H28N2O6/c1-17-23-21(12-13-26(23)25(30)33-15-18-6-4-3-5-7-18)27(24(17)29)22(28)16-32-14-19-8-10-20(31-2)11-9-19/h3-11,17,21,23H,12-16H2,1-2H3/t17-,21+,23-/m1/s1. The minimum absolute atomic E-state index is 0.164. The lowest BCUT2D eigenvalue weighted by molar-refractivity contribution is -0.148. The van der Waals surface area contributed by atoms with E-state index in [0.717, 1.165) is 16.9 Å². The lowest BCUT2D eigenvalue weighted by atomic mass is 10.0. The fourth-order valence-corrected chi connectivity index (χ4v) is 4.58. The number of likely N-dealkylation sites (tertiary alicyclic amines) is 2. The Morgan fingerprint density at radius 1 is 1.00 bits per heavy atom. The van der Waals surface area contributed by atoms with Crippen LogP contribution >= 0.6 is 0 Å². The molecule has 2 aromatic carbocycles. The maximum absolute atomic E-state index is 12.9. The van der Waals surface area contributed by atoms with Crippen molar-refractivity contribution in [1.29, 1.82) is 0 Å². The monoisotopic (exact) mass is 452 g/mol. The fraction of sp³-hybridized carbons (Fsp3) is 0.400. The molecule has 0 aliphatic carbocycles. The average Bonchev–Trinajstić information content (AvgIpc) is 3.37. The Morgan fingerprint density at radius 2 is 1.70 bits per heavy atom. The summed E-state index contributed by atoms with van der Waals surface area (Å²) in [5.41, 5.74) is 1.79. The molecule has 2 aromatic rings. The van der Waals surface area contributed by atoms with Crippen molar-refractivity contribution < 1.29 is 28.6 Å². The zero-order valence-electron chi connectivity index (χ0n) is 18.8. The predicted octanol–water partition coefficient (Wildman–Crippen LogP) is 3.00. The van der Waals surface area contributed by atoms with E-state index < -0.39 is 12.0 Å². The molecule has 0 spiro atoms. The number of fused-ring (bicyclic) bond motifs is 1. The molecule has 2 aliphatic heterocycles. The molecule has 2 saturated heterocycles. The van der Waals surface area contributed by atoms with Gasteiger partial charge in [0.2, 0.25) is 5.91 Å². The van der Waals surface area contributed by atoms with Gasteiger partial charge in [0, 0.05) is 6.54 Å². The van der Waals surface area contributed by atoms with E-state index in [1.54, 1.807) is 18.9 Å². The van der Waals surface area contributed by atoms with E-state index >= 15 is 0 Å². The second-order valence-electron chi connectivity index (χ2n) is 8.31. The van der Waals surface area contributed by atoms with Crippen LogP contribution in [0.3, 0.4) is 0 Å². The van der Waals surface area contributed by atoms with Crippen molar-refractivity contribution >= 4 is 17.9 Å². The van der Waals surface area contributed by atoms with E-state index in [2.05, 4.69) is 0 Å². The van der Waals surface area contributed by atoms with Gasteiger partial charge in [-0.25, -0.2) is 4.79 Å². The molecule has 0 bridgehead atoms. The molecule has 0 N–H and O–H groups in total. The number of carbonyl (C=O) groups excluding carboxylic acids is 3. The Balaban J connectivity index is 1.33. The fourth-order valence-electron chi connectivity index (χ4n) is 4.58. The first-order valence-electron chi connectivity index (χ1n) is 11.0. The number of hydrogen-bond donors (Lipinski definition) is 0. The van der Waals surface area contributed by atoms with Crippen LogP contribution in [-0.2, 0) is 32.3 Å². The lowest BCUT2D eigenvalue weighted by Crippen LogP contribution is -2.44. The second-order valence-corrected chi connectivity index (χ2v) is 8.31. The minimum Gasteiger partial charge on any atom is -0.497 e. The van der Waals surface area contributed by atoms with Crippen molar-refractivity contribution in [3.8, 4) is 5.75 Å². The third-order valence-corrected chi connectivity index (χ3v) is 6.25. The van der Waals surface area contributed by atoms with Crippen molar-refractivity contribution in [2.75, 3.05) is 20.3 Å². The van der Waals surface area contributed by atoms with Gasteiger partial charge < -0.3 is 19.1 Å². The first-order valence-corrected chi connectivity index (χ1v) is 11.0. The summed E-state index contributed by atoms with van der Waals surface area (Å²) in [6.45, 7) is 2.41. The quantitative estimate of drug-likeness (QED) is 0.642. The number of carbonyl (C=O) groups is 3. The highest BCUT2D eigenvalue weighted by Gasteiger charge is 2.55. The molecular weight excluding hydrogens is 424 g/mol. The molecule has 4 rings (SSSR count). The number of rotatable bonds is 7. The average molecular weight is 453 g/mol. The molecule has 3 amide bonds. The minimum atomic E-state index is -0.479. The van der Waals surface area contributed by atoms with E-state index in [-0.39, 0.29) is 43.7 Å². The normalized spacial score (nSPS) is 21.8. The van der Waals surface area contributed by atoms with Gasteiger partial charge in [0.25, 0.3) is 5.91 Å². The van der Waals surface area contributed by atoms with Gasteiger partial charge in [0.1, 0.15) is 19.0 Å². The zero-order valence-corrected chi connectivity index (χ0v) is 18.8. The van der Waals surface area contributed by atoms with Gasteiger partial charge in [-0.2, -0.15) is 0 Å². The first kappa shape index (κ1) is 22.8. The van der Waals surface area contributed by atoms with Crippen LogP contribution in [0.25, 0.3) is 0 Å². The SMILES string of the molecule is COc1ccc(COCC(=O)N2C(=O)[C@H](C)[C@@H]3[C@@H]2CCN3C(=O)OCc2ccccc2)cc1. The molecule has 33 heavy (non-hydrogen) atoms. The molecule has 174 valence electrons. The number of hydrogen-bond acceptors (Lipinski definition) is 6. The van der Waals surface area contributed by atoms with Crippen LogP contribution in [0.4, 0.5) is 4.79 Å². The smallest absolute Gasteiger partial charge is 0.410 e. The summed E-state index contributed by atoms with van der Waals surface area (Å²) in [5.74, 6) is -0.395. The molecular formula is C25H28N2O6. The summed E-state index contributed by atoms with van der Waals surface area (Å²) < 4.78 is 16.2. The van der Waals surface area contributed by atoms with Crippen molar-refractivity contribution in [2.45, 2.75) is 38.6 Å². The van der Waals surface area contributed by atoms with Gasteiger partial charge in [-0.05, 0) is 29.7 Å². The second kappa shape index (κ2) is 10.0. The Kier molecular flexibility index (Phi) is 6.93. The number of ether oxygens (including phenoxy) is 3. The van der Waals surface area contributed by atoms with Crippen molar-refractivity contribution in [2.24, 2.45) is 5.92 Å². The number of imide groups is 1. The molecule has 0 unspecified atom stereocenters. The Hall–Kier alpha value is -3.39. The maximum atomic E-state index is 12.9. The van der Waals surface area contributed by atoms with Crippen LogP contribution in [0.1, 0.15) is 24.5 Å². The molecule has 0 saturated carbocycles. The van der Waals surface area contributed by atoms with Crippen LogP contribution in [0.2, 0.25) is 0 Å². The first-order chi connectivity index (χ1) is 16.0. The zero-order chi connectivity index (χ0) is 23.4. The molecule has 8 heteroatoms. The van der Waals surface area contributed by atoms with Crippen molar-refractivity contribution in [3.63, 3.8) is 0 Å². The number of amides is 3. The summed E-state index contributed by atoms with van der Waals surface area (Å²) in [4.78, 5) is 41.3. The Bertz CT molecular complexity index is 994. The van der Waals surface area contributed by atoms with Crippen LogP contribution < -0.4 is 4.74 Å². The van der Waals surface area contributed by atoms with Crippen LogP contribution in [0.15, 0.2) is 54.6 Å². The molecule has 2 heterocycles. The van der Waals surface area contributed by atoms with E-state index in [1.807, 2.05) is 54.6 Å². The molecule has 3 atom stereocenters. The third kappa shape index (κ3) is 4.85. The van der Waals surface area contributed by atoms with E-state index in [0.29, 0.717) is 13.0 Å². The summed E-state index contributed by atoms with van der Waals surface area (Å²) in [6.07, 6.45) is 0.0712. The molecule has 8 nitrogen and oxygen atoms in total. The van der Waals surface area contributed by atoms with Crippen LogP contribution in [-0.4, -0.2) is 60.1 Å². The van der Waals surface area contributed by atoms with Crippen molar-refractivity contribution in [3.05, 3.63) is 65.7 Å². The van der Waals surface area contributed by atoms with Gasteiger partial charge in [0.15, 0.2) is 0 Å². The van der Waals surface area contributed by atoms with Gasteiger partial charge in [-0.3, -0.25) is 14.5 Å². The number of methoxy groups -OCH3 is 1. The largest absolute Gasteiger partial charge is 0.497 e. The maximum Gasteiger partial charge on any atom is 0.410 e. The summed E-state index contributed by atoms with van der Waals surface area (Å²) in [7, 11) is 1.60. The molecule has 2 fully saturated rings.